The molecule has 0 spiro atoms. The highest BCUT2D eigenvalue weighted by Gasteiger charge is 2.46. The van der Waals surface area contributed by atoms with Crippen molar-refractivity contribution in [1.29, 1.82) is 0 Å². The van der Waals surface area contributed by atoms with Crippen molar-refractivity contribution in [1.82, 2.24) is 15.4 Å². The fourth-order valence-corrected chi connectivity index (χ4v) is 8.22. The van der Waals surface area contributed by atoms with Crippen molar-refractivity contribution in [3.05, 3.63) is 94.0 Å². The lowest BCUT2D eigenvalue weighted by atomic mass is 9.92. The lowest BCUT2D eigenvalue weighted by molar-refractivity contribution is -0.384. The van der Waals surface area contributed by atoms with Crippen molar-refractivity contribution in [2.45, 2.75) is 114 Å². The van der Waals surface area contributed by atoms with E-state index >= 15 is 0 Å². The van der Waals surface area contributed by atoms with Crippen molar-refractivity contribution in [2.75, 3.05) is 6.61 Å². The first kappa shape index (κ1) is 43.4. The summed E-state index contributed by atoms with van der Waals surface area (Å²) in [6.45, 7) is 16.7. The molecule has 0 fully saturated rings. The predicted molar refractivity (Wildman–Crippen MR) is 211 cm³/mol. The van der Waals surface area contributed by atoms with Gasteiger partial charge in [0.15, 0.2) is 19.8 Å². The number of amides is 2. The van der Waals surface area contributed by atoms with Crippen molar-refractivity contribution < 1.29 is 41.9 Å². The molecule has 4 N–H and O–H groups in total. The number of aliphatic hydroxyl groups excluding tert-OH is 1. The summed E-state index contributed by atoms with van der Waals surface area (Å²) in [6.07, 6.45) is -0.946. The molecule has 2 amide bonds. The summed E-state index contributed by atoms with van der Waals surface area (Å²) in [6, 6.07) is 15.0. The molecule has 2 bridgehead atoms. The Bertz CT molecular complexity index is 1940. The van der Waals surface area contributed by atoms with Crippen molar-refractivity contribution >= 4 is 35.8 Å². The van der Waals surface area contributed by atoms with E-state index in [1.54, 1.807) is 39.0 Å². The number of sulfonamides is 1. The van der Waals surface area contributed by atoms with E-state index in [1.165, 1.54) is 0 Å². The molecule has 3 aromatic rings. The summed E-state index contributed by atoms with van der Waals surface area (Å²) in [4.78, 5) is 39.0. The third kappa shape index (κ3) is 10.3. The van der Waals surface area contributed by atoms with E-state index in [2.05, 4.69) is 15.4 Å². The number of carbonyl (C=O) groups is 2. The second-order valence-corrected chi connectivity index (χ2v) is 22.3. The van der Waals surface area contributed by atoms with E-state index in [1.807, 2.05) is 71.1 Å². The van der Waals surface area contributed by atoms with Crippen LogP contribution in [0.2, 0.25) is 18.1 Å². The summed E-state index contributed by atoms with van der Waals surface area (Å²) in [7, 11) is -7.39. The maximum absolute atomic E-state index is 14.7. The Hall–Kier alpha value is -4.35. The molecule has 5 atom stereocenters. The second kappa shape index (κ2) is 17.2. The zero-order valence-electron chi connectivity index (χ0n) is 32.9. The maximum Gasteiger partial charge on any atom is 0.269 e. The fourth-order valence-electron chi connectivity index (χ4n) is 5.77. The third-order valence-corrected chi connectivity index (χ3v) is 16.4. The van der Waals surface area contributed by atoms with Crippen LogP contribution < -0.4 is 24.8 Å². The Morgan fingerprint density at radius 2 is 1.65 bits per heavy atom. The number of hydrogen-bond acceptors (Lipinski definition) is 10. The van der Waals surface area contributed by atoms with Gasteiger partial charge in [-0.25, -0.2) is 8.42 Å². The average Bonchev–Trinajstić information content (AvgIpc) is 3.13. The number of non-ortho nitro benzene ring substituents is 1. The lowest BCUT2D eigenvalue weighted by Crippen LogP contribution is -2.62. The van der Waals surface area contributed by atoms with Crippen LogP contribution in [0.15, 0.2) is 77.7 Å². The van der Waals surface area contributed by atoms with Gasteiger partial charge in [-0.15, -0.1) is 0 Å². The highest BCUT2D eigenvalue weighted by molar-refractivity contribution is 7.89. The van der Waals surface area contributed by atoms with E-state index in [-0.39, 0.29) is 22.9 Å². The standard InChI is InChI=1S/C39H54N4O10SSi/c1-10-39(7)32(23-44)40-36(45)33(25(2)3)41-37(46)34(42-54(49,50)29-19-17-28(18-20-29)43(47)48)35(53-55(8,9)38(4,5)6)27-16-21-30(31(22-27)52-39)51-24-26-14-12-11-13-15-26/h11-22,25,32-35,42,44H,10,23-24H2,1-9H3,(H,40,45)(H,41,46)/t32-,33+,34?,35-,39-/m1/s1. The quantitative estimate of drug-likeness (QED) is 0.0994. The largest absolute Gasteiger partial charge is 0.485 e. The molecular weight excluding hydrogens is 745 g/mol. The monoisotopic (exact) mass is 798 g/mol. The SMILES string of the molecule is CC[C@@]1(C)Oc2cc(ccc2OCc2ccccc2)[C@@H](O[Si](C)(C)C(C)(C)C)C(NS(=O)(=O)c2ccc([N+](=O)[O-])cc2)C(=O)N[C@@H](C(C)C)C(=O)N[C@@H]1CO. The van der Waals surface area contributed by atoms with E-state index < -0.39 is 82.5 Å². The number of nitro groups is 1. The normalized spacial score (nSPS) is 22.7. The highest BCUT2D eigenvalue weighted by atomic mass is 32.2. The summed E-state index contributed by atoms with van der Waals surface area (Å²) >= 11 is 0. The Kier molecular flexibility index (Phi) is 13.6. The minimum Gasteiger partial charge on any atom is -0.485 e. The van der Waals surface area contributed by atoms with Gasteiger partial charge in [0.2, 0.25) is 21.8 Å². The number of nitrogens with one attached hydrogen (secondary N) is 3. The molecule has 0 radical (unpaired) electrons. The molecule has 1 aliphatic rings. The molecule has 55 heavy (non-hydrogen) atoms. The van der Waals surface area contributed by atoms with Crippen molar-refractivity contribution in [3.8, 4) is 11.5 Å². The molecule has 0 saturated heterocycles. The Morgan fingerprint density at radius 1 is 1.02 bits per heavy atom. The van der Waals surface area contributed by atoms with Crippen LogP contribution in [0.3, 0.4) is 0 Å². The van der Waals surface area contributed by atoms with Gasteiger partial charge in [-0.05, 0) is 72.8 Å². The van der Waals surface area contributed by atoms with Crippen LogP contribution in [0.5, 0.6) is 11.5 Å². The Morgan fingerprint density at radius 3 is 2.20 bits per heavy atom. The molecule has 1 unspecified atom stereocenters. The number of benzene rings is 3. The first-order valence-electron chi connectivity index (χ1n) is 18.3. The van der Waals surface area contributed by atoms with Gasteiger partial charge in [0.25, 0.3) is 5.69 Å². The zero-order valence-corrected chi connectivity index (χ0v) is 34.7. The van der Waals surface area contributed by atoms with Gasteiger partial charge in [0.1, 0.15) is 24.3 Å². The van der Waals surface area contributed by atoms with E-state index in [4.69, 9.17) is 13.9 Å². The number of nitro benzene ring substituents is 1. The van der Waals surface area contributed by atoms with Crippen LogP contribution in [0, 0.1) is 16.0 Å². The summed E-state index contributed by atoms with van der Waals surface area (Å²) in [5.74, 6) is -1.41. The van der Waals surface area contributed by atoms with Crippen LogP contribution >= 0.6 is 0 Å². The number of carbonyl (C=O) groups excluding carboxylic acids is 2. The number of rotatable bonds is 12. The summed E-state index contributed by atoms with van der Waals surface area (Å²) in [5.41, 5.74) is -0.248. The summed E-state index contributed by atoms with van der Waals surface area (Å²) in [5, 5.41) is 27.2. The molecule has 1 aliphatic heterocycles. The van der Waals surface area contributed by atoms with Gasteiger partial charge in [-0.1, -0.05) is 77.9 Å². The van der Waals surface area contributed by atoms with Gasteiger partial charge in [0.05, 0.1) is 28.6 Å². The van der Waals surface area contributed by atoms with Crippen LogP contribution in [-0.4, -0.2) is 68.9 Å². The van der Waals surface area contributed by atoms with Gasteiger partial charge >= 0.3 is 0 Å². The predicted octanol–water partition coefficient (Wildman–Crippen LogP) is 5.76. The molecule has 0 saturated carbocycles. The zero-order chi connectivity index (χ0) is 40.9. The minimum absolute atomic E-state index is 0.180. The van der Waals surface area contributed by atoms with Gasteiger partial charge < -0.3 is 29.6 Å². The topological polar surface area (TPSA) is 195 Å². The van der Waals surface area contributed by atoms with Crippen molar-refractivity contribution in [2.24, 2.45) is 5.92 Å². The van der Waals surface area contributed by atoms with Gasteiger partial charge in [-0.3, -0.25) is 19.7 Å². The molecule has 3 aromatic carbocycles. The van der Waals surface area contributed by atoms with Crippen LogP contribution in [0.25, 0.3) is 0 Å². The maximum atomic E-state index is 14.7. The molecule has 0 aliphatic carbocycles. The molecule has 300 valence electrons. The van der Waals surface area contributed by atoms with E-state index in [9.17, 15) is 33.2 Å². The number of ether oxygens (including phenoxy) is 2. The highest BCUT2D eigenvalue weighted by Crippen LogP contribution is 2.43. The molecule has 16 heteroatoms. The number of hydrogen-bond donors (Lipinski definition) is 4. The molecule has 0 aromatic heterocycles. The van der Waals surface area contributed by atoms with Crippen LogP contribution in [-0.2, 0) is 30.6 Å². The van der Waals surface area contributed by atoms with Gasteiger partial charge in [-0.2, -0.15) is 4.72 Å². The van der Waals surface area contributed by atoms with E-state index in [0.29, 0.717) is 17.7 Å². The van der Waals surface area contributed by atoms with Crippen LogP contribution in [0.4, 0.5) is 5.69 Å². The second-order valence-electron chi connectivity index (χ2n) is 15.9. The molecule has 1 heterocycles. The average molecular weight is 799 g/mol. The fraction of sp³-hybridized carbons (Fsp3) is 0.487. The minimum atomic E-state index is -4.55. The lowest BCUT2D eigenvalue weighted by Gasteiger charge is -2.41. The molecular formula is C39H54N4O10SSi. The Balaban J connectivity index is 1.99. The van der Waals surface area contributed by atoms with Gasteiger partial charge in [0, 0.05) is 12.1 Å². The molecule has 4 rings (SSSR count). The Labute approximate surface area is 324 Å². The number of aliphatic hydroxyl groups is 1. The first-order chi connectivity index (χ1) is 25.6. The van der Waals surface area contributed by atoms with Crippen molar-refractivity contribution in [3.63, 3.8) is 0 Å². The van der Waals surface area contributed by atoms with Crippen LogP contribution in [0.1, 0.15) is 72.1 Å². The van der Waals surface area contributed by atoms with E-state index in [0.717, 1.165) is 29.8 Å². The molecule has 14 nitrogen and oxygen atoms in total. The smallest absolute Gasteiger partial charge is 0.269 e. The summed E-state index contributed by atoms with van der Waals surface area (Å²) < 4.78 is 50.7. The third-order valence-electron chi connectivity index (χ3n) is 10.5. The number of nitrogens with zero attached hydrogens (tertiary/aromatic N) is 1. The number of fused-ring (bicyclic) bond motifs is 2. The first-order valence-corrected chi connectivity index (χ1v) is 22.7.